The van der Waals surface area contributed by atoms with Crippen molar-refractivity contribution in [1.82, 2.24) is 10.6 Å². The Hall–Kier alpha value is -3.26. The Morgan fingerprint density at radius 3 is 2.40 bits per heavy atom. The van der Waals surface area contributed by atoms with E-state index in [2.05, 4.69) is 10.6 Å². The molecule has 186 valence electrons. The molecule has 7 nitrogen and oxygen atoms in total. The number of hydrogen-bond donors (Lipinski definition) is 2. The second kappa shape index (κ2) is 13.6. The number of rotatable bonds is 9. The molecule has 1 aliphatic carbocycles. The van der Waals surface area contributed by atoms with Crippen LogP contribution >= 0.6 is 12.2 Å². The first-order chi connectivity index (χ1) is 16.9. The predicted molar refractivity (Wildman–Crippen MR) is 140 cm³/mol. The molecular weight excluding hydrogens is 462 g/mol. The highest BCUT2D eigenvalue weighted by Crippen LogP contribution is 2.22. The van der Waals surface area contributed by atoms with Gasteiger partial charge in [-0.05, 0) is 42.8 Å². The van der Waals surface area contributed by atoms with E-state index in [1.807, 2.05) is 36.4 Å². The van der Waals surface area contributed by atoms with Crippen molar-refractivity contribution >= 4 is 40.8 Å². The van der Waals surface area contributed by atoms with Gasteiger partial charge in [0.25, 0.3) is 5.91 Å². The van der Waals surface area contributed by atoms with E-state index in [9.17, 15) is 14.4 Å². The molecule has 0 atom stereocenters. The van der Waals surface area contributed by atoms with Gasteiger partial charge in [-0.25, -0.2) is 0 Å². The number of amides is 2. The minimum atomic E-state index is -0.430. The molecule has 0 bridgehead atoms. The summed E-state index contributed by atoms with van der Waals surface area (Å²) in [6, 6.07) is 17.1. The Kier molecular flexibility index (Phi) is 10.2. The second-order valence-electron chi connectivity index (χ2n) is 8.69. The van der Waals surface area contributed by atoms with Crippen molar-refractivity contribution in [2.24, 2.45) is 0 Å². The maximum atomic E-state index is 12.9. The molecule has 35 heavy (non-hydrogen) atoms. The second-order valence-corrected chi connectivity index (χ2v) is 9.08. The molecule has 0 spiro atoms. The van der Waals surface area contributed by atoms with Crippen LogP contribution in [0, 0.1) is 0 Å². The van der Waals surface area contributed by atoms with Crippen molar-refractivity contribution in [2.75, 3.05) is 18.6 Å². The number of thiocarbonyl (C=S) groups is 1. The van der Waals surface area contributed by atoms with E-state index in [-0.39, 0.29) is 42.4 Å². The van der Waals surface area contributed by atoms with Gasteiger partial charge in [-0.2, -0.15) is 0 Å². The molecule has 1 aliphatic rings. The van der Waals surface area contributed by atoms with Crippen LogP contribution in [0.4, 0.5) is 5.69 Å². The molecule has 0 saturated heterocycles. The van der Waals surface area contributed by atoms with Crippen LogP contribution in [0.15, 0.2) is 54.6 Å². The molecule has 3 rings (SSSR count). The fourth-order valence-corrected chi connectivity index (χ4v) is 4.27. The minimum absolute atomic E-state index is 0.0344. The van der Waals surface area contributed by atoms with Gasteiger partial charge >= 0.3 is 5.97 Å². The molecule has 0 heterocycles. The highest BCUT2D eigenvalue weighted by Gasteiger charge is 2.21. The zero-order valence-corrected chi connectivity index (χ0v) is 20.9. The summed E-state index contributed by atoms with van der Waals surface area (Å²) in [4.78, 5) is 38.8. The summed E-state index contributed by atoms with van der Waals surface area (Å²) in [5.74, 6) is -0.960. The number of anilines is 1. The van der Waals surface area contributed by atoms with E-state index < -0.39 is 5.97 Å². The summed E-state index contributed by atoms with van der Waals surface area (Å²) >= 11 is 5.39. The molecule has 0 radical (unpaired) electrons. The number of para-hydroxylation sites is 1. The zero-order valence-electron chi connectivity index (χ0n) is 20.1. The average Bonchev–Trinajstić information content (AvgIpc) is 2.88. The van der Waals surface area contributed by atoms with Crippen molar-refractivity contribution < 1.29 is 19.1 Å². The fourth-order valence-electron chi connectivity index (χ4n) is 4.06. The molecule has 2 N–H and O–H groups in total. The molecular formula is C27H33N3O4S. The average molecular weight is 496 g/mol. The number of carbonyl (C=O) groups excluding carboxylic acids is 3. The molecule has 0 unspecified atom stereocenters. The number of nitrogens with one attached hydrogen (secondary N) is 2. The molecule has 0 aliphatic heterocycles. The van der Waals surface area contributed by atoms with Crippen LogP contribution in [0.1, 0.15) is 60.9 Å². The van der Waals surface area contributed by atoms with Crippen molar-refractivity contribution in [3.8, 4) is 0 Å². The number of esters is 1. The van der Waals surface area contributed by atoms with Gasteiger partial charge in [0.05, 0.1) is 24.3 Å². The van der Waals surface area contributed by atoms with E-state index >= 15 is 0 Å². The number of ether oxygens (including phenoxy) is 1. The Balaban J connectivity index is 1.45. The van der Waals surface area contributed by atoms with Gasteiger partial charge in [-0.1, -0.05) is 61.7 Å². The van der Waals surface area contributed by atoms with Crippen LogP contribution in [0.2, 0.25) is 0 Å². The fraction of sp³-hybridized carbons (Fsp3) is 0.407. The SMILES string of the molecule is CN(C(=S)NC(=O)CCC(=O)OCCc1ccccc1)c1ccccc1C(=O)NC1CCCCC1. The lowest BCUT2D eigenvalue weighted by atomic mass is 9.95. The van der Waals surface area contributed by atoms with Gasteiger partial charge in [0.1, 0.15) is 0 Å². The summed E-state index contributed by atoms with van der Waals surface area (Å²) in [5.41, 5.74) is 2.18. The Labute approximate surface area is 212 Å². The first kappa shape index (κ1) is 26.3. The van der Waals surface area contributed by atoms with E-state index in [1.165, 1.54) is 6.42 Å². The molecule has 0 aromatic heterocycles. The summed E-state index contributed by atoms with van der Waals surface area (Å²) < 4.78 is 5.22. The summed E-state index contributed by atoms with van der Waals surface area (Å²) in [7, 11) is 1.70. The van der Waals surface area contributed by atoms with E-state index in [4.69, 9.17) is 17.0 Å². The lowest BCUT2D eigenvalue weighted by Crippen LogP contribution is -2.42. The maximum Gasteiger partial charge on any atom is 0.306 e. The first-order valence-electron chi connectivity index (χ1n) is 12.1. The molecule has 8 heteroatoms. The molecule has 1 fully saturated rings. The van der Waals surface area contributed by atoms with Crippen LogP contribution in [-0.4, -0.2) is 42.6 Å². The number of nitrogens with zero attached hydrogens (tertiary/aromatic N) is 1. The molecule has 2 aromatic carbocycles. The molecule has 2 amide bonds. The summed E-state index contributed by atoms with van der Waals surface area (Å²) in [6.45, 7) is 0.269. The maximum absolute atomic E-state index is 12.9. The first-order valence-corrected chi connectivity index (χ1v) is 12.5. The van der Waals surface area contributed by atoms with Crippen molar-refractivity contribution in [3.63, 3.8) is 0 Å². The largest absolute Gasteiger partial charge is 0.465 e. The topological polar surface area (TPSA) is 87.7 Å². The van der Waals surface area contributed by atoms with Gasteiger partial charge in [0, 0.05) is 25.9 Å². The molecule has 2 aromatic rings. The lowest BCUT2D eigenvalue weighted by Gasteiger charge is -2.26. The minimum Gasteiger partial charge on any atom is -0.465 e. The Bertz CT molecular complexity index is 1020. The molecule has 1 saturated carbocycles. The van der Waals surface area contributed by atoms with Gasteiger partial charge in [-0.15, -0.1) is 0 Å². The van der Waals surface area contributed by atoms with Gasteiger partial charge in [0.15, 0.2) is 5.11 Å². The number of benzene rings is 2. The standard InChI is InChI=1S/C27H33N3O4S/c1-30(23-15-9-8-14-22(23)26(33)28-21-12-6-3-7-13-21)27(35)29-24(31)16-17-25(32)34-19-18-20-10-4-2-5-11-20/h2,4-5,8-11,14-15,21H,3,6-7,12-13,16-19H2,1H3,(H,28,33)(H,29,31,35). The summed E-state index contributed by atoms with van der Waals surface area (Å²) in [6.07, 6.45) is 6.01. The van der Waals surface area contributed by atoms with E-state index in [0.717, 1.165) is 31.2 Å². The monoisotopic (exact) mass is 495 g/mol. The van der Waals surface area contributed by atoms with Gasteiger partial charge in [0.2, 0.25) is 5.91 Å². The van der Waals surface area contributed by atoms with E-state index in [1.54, 1.807) is 30.1 Å². The normalized spacial score (nSPS) is 13.5. The van der Waals surface area contributed by atoms with Gasteiger partial charge < -0.3 is 20.3 Å². The van der Waals surface area contributed by atoms with Crippen molar-refractivity contribution in [3.05, 3.63) is 65.7 Å². The third-order valence-corrected chi connectivity index (χ3v) is 6.43. The third kappa shape index (κ3) is 8.47. The van der Waals surface area contributed by atoms with Crippen molar-refractivity contribution in [1.29, 1.82) is 0 Å². The van der Waals surface area contributed by atoms with Crippen LogP contribution < -0.4 is 15.5 Å². The zero-order chi connectivity index (χ0) is 25.0. The highest BCUT2D eigenvalue weighted by molar-refractivity contribution is 7.80. The lowest BCUT2D eigenvalue weighted by molar-refractivity contribution is -0.144. The smallest absolute Gasteiger partial charge is 0.306 e. The number of carbonyl (C=O) groups is 3. The Morgan fingerprint density at radius 1 is 0.971 bits per heavy atom. The summed E-state index contributed by atoms with van der Waals surface area (Å²) in [5, 5.41) is 5.92. The van der Waals surface area contributed by atoms with E-state index in [0.29, 0.717) is 17.7 Å². The van der Waals surface area contributed by atoms with Crippen molar-refractivity contribution in [2.45, 2.75) is 57.4 Å². The Morgan fingerprint density at radius 2 is 1.66 bits per heavy atom. The number of hydrogen-bond acceptors (Lipinski definition) is 5. The quantitative estimate of drug-likeness (QED) is 0.401. The predicted octanol–water partition coefficient (Wildman–Crippen LogP) is 4.15. The van der Waals surface area contributed by atoms with Crippen LogP contribution in [-0.2, 0) is 20.7 Å². The third-order valence-electron chi connectivity index (χ3n) is 6.05. The van der Waals surface area contributed by atoms with Crippen LogP contribution in [0.5, 0.6) is 0 Å². The van der Waals surface area contributed by atoms with Crippen LogP contribution in [0.25, 0.3) is 0 Å². The van der Waals surface area contributed by atoms with Crippen LogP contribution in [0.3, 0.4) is 0 Å². The highest BCUT2D eigenvalue weighted by atomic mass is 32.1. The van der Waals surface area contributed by atoms with Gasteiger partial charge in [-0.3, -0.25) is 14.4 Å².